The van der Waals surface area contributed by atoms with Crippen LogP contribution in [-0.4, -0.2) is 27.0 Å². The number of aliphatic hydroxyl groups is 1. The van der Waals surface area contributed by atoms with Crippen LogP contribution >= 0.6 is 0 Å². The molecular formula is C16H17N3O2. The highest BCUT2D eigenvalue weighted by Crippen LogP contribution is 2.23. The van der Waals surface area contributed by atoms with E-state index in [-0.39, 0.29) is 0 Å². The van der Waals surface area contributed by atoms with Gasteiger partial charge in [0.05, 0.1) is 24.0 Å². The molecule has 0 amide bonds. The van der Waals surface area contributed by atoms with Crippen molar-refractivity contribution in [3.05, 3.63) is 53.9 Å². The average molecular weight is 283 g/mol. The zero-order valence-corrected chi connectivity index (χ0v) is 12.0. The molecular weight excluding hydrogens is 266 g/mol. The van der Waals surface area contributed by atoms with Crippen LogP contribution < -0.4 is 4.74 Å². The summed E-state index contributed by atoms with van der Waals surface area (Å²) in [5.41, 5.74) is 2.51. The third kappa shape index (κ3) is 2.60. The highest BCUT2D eigenvalue weighted by Gasteiger charge is 2.16. The maximum absolute atomic E-state index is 10.4. The molecule has 1 aromatic carbocycles. The van der Waals surface area contributed by atoms with Gasteiger partial charge in [0.1, 0.15) is 6.10 Å². The molecule has 3 rings (SSSR count). The van der Waals surface area contributed by atoms with Crippen molar-refractivity contribution in [3.8, 4) is 5.88 Å². The van der Waals surface area contributed by atoms with E-state index in [0.29, 0.717) is 18.0 Å². The molecule has 5 nitrogen and oxygen atoms in total. The summed E-state index contributed by atoms with van der Waals surface area (Å²) in [6, 6.07) is 13.4. The van der Waals surface area contributed by atoms with Crippen molar-refractivity contribution in [2.75, 3.05) is 7.11 Å². The van der Waals surface area contributed by atoms with Gasteiger partial charge in [0.25, 0.3) is 0 Å². The van der Waals surface area contributed by atoms with Crippen molar-refractivity contribution >= 4 is 10.9 Å². The minimum atomic E-state index is -0.710. The molecule has 1 unspecified atom stereocenters. The number of pyridine rings is 1. The summed E-state index contributed by atoms with van der Waals surface area (Å²) < 4.78 is 6.92. The number of nitrogens with zero attached hydrogens (tertiary/aromatic N) is 3. The lowest BCUT2D eigenvalue weighted by atomic mass is 10.1. The molecule has 0 aliphatic heterocycles. The van der Waals surface area contributed by atoms with Crippen molar-refractivity contribution in [2.24, 2.45) is 7.05 Å². The van der Waals surface area contributed by atoms with Gasteiger partial charge in [-0.2, -0.15) is 5.10 Å². The molecule has 21 heavy (non-hydrogen) atoms. The van der Waals surface area contributed by atoms with Gasteiger partial charge in [-0.15, -0.1) is 0 Å². The normalized spacial score (nSPS) is 12.5. The summed E-state index contributed by atoms with van der Waals surface area (Å²) in [6.45, 7) is 0. The Hall–Kier alpha value is -2.40. The molecule has 0 fully saturated rings. The summed E-state index contributed by atoms with van der Waals surface area (Å²) in [5, 5.41) is 15.9. The first kappa shape index (κ1) is 13.6. The van der Waals surface area contributed by atoms with Gasteiger partial charge in [0.15, 0.2) is 0 Å². The van der Waals surface area contributed by atoms with E-state index in [1.54, 1.807) is 19.2 Å². The van der Waals surface area contributed by atoms with Crippen LogP contribution in [0.25, 0.3) is 10.9 Å². The highest BCUT2D eigenvalue weighted by atomic mass is 16.5. The molecule has 0 saturated heterocycles. The van der Waals surface area contributed by atoms with Crippen LogP contribution in [0.1, 0.15) is 17.5 Å². The smallest absolute Gasteiger partial charge is 0.213 e. The zero-order chi connectivity index (χ0) is 14.8. The average Bonchev–Trinajstić information content (AvgIpc) is 2.84. The lowest BCUT2D eigenvalue weighted by Gasteiger charge is -2.09. The van der Waals surface area contributed by atoms with Crippen molar-refractivity contribution in [2.45, 2.75) is 12.5 Å². The molecule has 0 saturated carbocycles. The van der Waals surface area contributed by atoms with Crippen molar-refractivity contribution in [1.29, 1.82) is 0 Å². The molecule has 0 aliphatic carbocycles. The number of para-hydroxylation sites is 1. The van der Waals surface area contributed by atoms with Crippen LogP contribution in [0.3, 0.4) is 0 Å². The summed E-state index contributed by atoms with van der Waals surface area (Å²) in [6.07, 6.45) is -0.292. The molecule has 3 aromatic rings. The largest absolute Gasteiger partial charge is 0.481 e. The van der Waals surface area contributed by atoms with Crippen LogP contribution in [0.2, 0.25) is 0 Å². The Balaban J connectivity index is 1.91. The van der Waals surface area contributed by atoms with E-state index >= 15 is 0 Å². The summed E-state index contributed by atoms with van der Waals surface area (Å²) in [5.74, 6) is 0.498. The Morgan fingerprint density at radius 3 is 2.81 bits per heavy atom. The summed E-state index contributed by atoms with van der Waals surface area (Å²) in [7, 11) is 3.47. The van der Waals surface area contributed by atoms with E-state index in [2.05, 4.69) is 10.1 Å². The topological polar surface area (TPSA) is 60.2 Å². The van der Waals surface area contributed by atoms with Crippen LogP contribution in [0, 0.1) is 0 Å². The SMILES string of the molecule is COc1cccc(C(O)Cc2nn(C)c3ccccc23)n1. The number of hydrogen-bond acceptors (Lipinski definition) is 4. The molecule has 0 bridgehead atoms. The van der Waals surface area contributed by atoms with Gasteiger partial charge in [-0.1, -0.05) is 24.3 Å². The number of fused-ring (bicyclic) bond motifs is 1. The second-order valence-electron chi connectivity index (χ2n) is 4.91. The van der Waals surface area contributed by atoms with Gasteiger partial charge in [0.2, 0.25) is 5.88 Å². The van der Waals surface area contributed by atoms with Gasteiger partial charge in [0, 0.05) is 24.9 Å². The number of aliphatic hydroxyl groups excluding tert-OH is 1. The minimum absolute atomic E-state index is 0.418. The van der Waals surface area contributed by atoms with Crippen LogP contribution in [0.15, 0.2) is 42.5 Å². The van der Waals surface area contributed by atoms with Crippen LogP contribution in [0.5, 0.6) is 5.88 Å². The van der Waals surface area contributed by atoms with E-state index in [9.17, 15) is 5.11 Å². The molecule has 2 heterocycles. The standard InChI is InChI=1S/C16H17N3O2/c1-19-14-8-4-3-6-11(14)13(18-19)10-15(20)12-7-5-9-16(17-12)21-2/h3-9,15,20H,10H2,1-2H3. The molecule has 2 aromatic heterocycles. The third-order valence-electron chi connectivity index (χ3n) is 3.52. The molecule has 1 atom stereocenters. The quantitative estimate of drug-likeness (QED) is 0.798. The maximum atomic E-state index is 10.4. The second kappa shape index (κ2) is 5.54. The van der Waals surface area contributed by atoms with Gasteiger partial charge in [-0.05, 0) is 12.1 Å². The van der Waals surface area contributed by atoms with Gasteiger partial charge in [-0.3, -0.25) is 4.68 Å². The van der Waals surface area contributed by atoms with Crippen molar-refractivity contribution in [1.82, 2.24) is 14.8 Å². The lowest BCUT2D eigenvalue weighted by molar-refractivity contribution is 0.171. The molecule has 0 spiro atoms. The monoisotopic (exact) mass is 283 g/mol. The Bertz CT molecular complexity index is 767. The van der Waals surface area contributed by atoms with Crippen molar-refractivity contribution < 1.29 is 9.84 Å². The first-order valence-corrected chi connectivity index (χ1v) is 6.78. The molecule has 108 valence electrons. The molecule has 5 heteroatoms. The number of rotatable bonds is 4. The van der Waals surface area contributed by atoms with E-state index in [1.807, 2.05) is 42.1 Å². The highest BCUT2D eigenvalue weighted by molar-refractivity contribution is 5.81. The number of aryl methyl sites for hydroxylation is 1. The predicted octanol–water partition coefficient (Wildman–Crippen LogP) is 2.25. The fourth-order valence-corrected chi connectivity index (χ4v) is 2.46. The minimum Gasteiger partial charge on any atom is -0.481 e. The summed E-state index contributed by atoms with van der Waals surface area (Å²) in [4.78, 5) is 4.27. The number of hydrogen-bond donors (Lipinski definition) is 1. The Labute approximate surface area is 122 Å². The van der Waals surface area contributed by atoms with E-state index in [4.69, 9.17) is 4.74 Å². The Morgan fingerprint density at radius 1 is 1.19 bits per heavy atom. The number of methoxy groups -OCH3 is 1. The van der Waals surface area contributed by atoms with E-state index in [1.165, 1.54) is 0 Å². The first-order chi connectivity index (χ1) is 10.2. The Kier molecular flexibility index (Phi) is 3.58. The lowest BCUT2D eigenvalue weighted by Crippen LogP contribution is -2.06. The number of aromatic nitrogens is 3. The Morgan fingerprint density at radius 2 is 2.00 bits per heavy atom. The van der Waals surface area contributed by atoms with E-state index < -0.39 is 6.10 Å². The summed E-state index contributed by atoms with van der Waals surface area (Å²) >= 11 is 0. The van der Waals surface area contributed by atoms with Gasteiger partial charge >= 0.3 is 0 Å². The first-order valence-electron chi connectivity index (χ1n) is 6.78. The fraction of sp³-hybridized carbons (Fsp3) is 0.250. The molecule has 1 N–H and O–H groups in total. The van der Waals surface area contributed by atoms with Gasteiger partial charge in [-0.25, -0.2) is 4.98 Å². The van der Waals surface area contributed by atoms with Crippen LogP contribution in [-0.2, 0) is 13.5 Å². The number of ether oxygens (including phenoxy) is 1. The molecule has 0 aliphatic rings. The maximum Gasteiger partial charge on any atom is 0.213 e. The van der Waals surface area contributed by atoms with Gasteiger partial charge < -0.3 is 9.84 Å². The van der Waals surface area contributed by atoms with Crippen LogP contribution in [0.4, 0.5) is 0 Å². The predicted molar refractivity (Wildman–Crippen MR) is 80.2 cm³/mol. The third-order valence-corrected chi connectivity index (χ3v) is 3.52. The zero-order valence-electron chi connectivity index (χ0n) is 12.0. The second-order valence-corrected chi connectivity index (χ2v) is 4.91. The number of benzene rings is 1. The fourth-order valence-electron chi connectivity index (χ4n) is 2.46. The van der Waals surface area contributed by atoms with Crippen molar-refractivity contribution in [3.63, 3.8) is 0 Å². The molecule has 0 radical (unpaired) electrons. The van der Waals surface area contributed by atoms with E-state index in [0.717, 1.165) is 16.6 Å².